The molecule has 0 radical (unpaired) electrons. The molecule has 1 saturated carbocycles. The number of nitrogens with one attached hydrogen (secondary N) is 1. The number of carbonyl (C=O) groups excluding carboxylic acids is 1. The molecule has 2 rings (SSSR count). The monoisotopic (exact) mass is 339 g/mol. The molecular formula is C15H18BrNO3. The van der Waals surface area contributed by atoms with Crippen molar-refractivity contribution in [3.63, 3.8) is 0 Å². The standard InChI is InChI=1S/C15H18BrNO3/c1-9-5-4-8-12(13(9)16)17-14(18)10-6-2-3-7-11(10)15(19)20/h4-5,8,10-11H,2-3,6-7H2,1H3,(H,17,18)(H,19,20)/t10-,11+/m1/s1. The van der Waals surface area contributed by atoms with Gasteiger partial charge < -0.3 is 10.4 Å². The van der Waals surface area contributed by atoms with Crippen LogP contribution in [0.1, 0.15) is 31.2 Å². The summed E-state index contributed by atoms with van der Waals surface area (Å²) < 4.78 is 0.844. The van der Waals surface area contributed by atoms with Crippen molar-refractivity contribution >= 4 is 33.5 Å². The number of carboxylic acids is 1. The molecule has 0 bridgehead atoms. The van der Waals surface area contributed by atoms with Crippen LogP contribution in [0.15, 0.2) is 22.7 Å². The Bertz CT molecular complexity index is 530. The second kappa shape index (κ2) is 6.39. The summed E-state index contributed by atoms with van der Waals surface area (Å²) in [4.78, 5) is 23.6. The molecule has 0 heterocycles. The molecule has 20 heavy (non-hydrogen) atoms. The van der Waals surface area contributed by atoms with E-state index in [9.17, 15) is 14.7 Å². The lowest BCUT2D eigenvalue weighted by Gasteiger charge is -2.27. The zero-order valence-electron chi connectivity index (χ0n) is 11.4. The topological polar surface area (TPSA) is 66.4 Å². The number of hydrogen-bond donors (Lipinski definition) is 2. The summed E-state index contributed by atoms with van der Waals surface area (Å²) in [5, 5.41) is 12.1. The first-order chi connectivity index (χ1) is 9.50. The third-order valence-corrected chi connectivity index (χ3v) is 4.92. The largest absolute Gasteiger partial charge is 0.481 e. The molecular weight excluding hydrogens is 322 g/mol. The average molecular weight is 340 g/mol. The van der Waals surface area contributed by atoms with Crippen LogP contribution >= 0.6 is 15.9 Å². The summed E-state index contributed by atoms with van der Waals surface area (Å²) >= 11 is 3.45. The van der Waals surface area contributed by atoms with Gasteiger partial charge in [0, 0.05) is 4.47 Å². The number of aryl methyl sites for hydroxylation is 1. The number of hydrogen-bond acceptors (Lipinski definition) is 2. The Kier molecular flexibility index (Phi) is 4.81. The van der Waals surface area contributed by atoms with Crippen LogP contribution in [-0.4, -0.2) is 17.0 Å². The summed E-state index contributed by atoms with van der Waals surface area (Å²) in [6.07, 6.45) is 3.03. The first-order valence-electron chi connectivity index (χ1n) is 6.79. The van der Waals surface area contributed by atoms with Crippen molar-refractivity contribution in [2.45, 2.75) is 32.6 Å². The first-order valence-corrected chi connectivity index (χ1v) is 7.59. The highest BCUT2D eigenvalue weighted by Crippen LogP contribution is 2.32. The van der Waals surface area contributed by atoms with Crippen molar-refractivity contribution in [1.82, 2.24) is 0 Å². The molecule has 1 aromatic carbocycles. The molecule has 0 aromatic heterocycles. The Morgan fingerprint density at radius 1 is 1.25 bits per heavy atom. The van der Waals surface area contributed by atoms with Gasteiger partial charge in [-0.3, -0.25) is 9.59 Å². The van der Waals surface area contributed by atoms with Gasteiger partial charge in [-0.1, -0.05) is 25.0 Å². The van der Waals surface area contributed by atoms with Crippen molar-refractivity contribution < 1.29 is 14.7 Å². The number of amides is 1. The number of carbonyl (C=O) groups is 2. The van der Waals surface area contributed by atoms with E-state index in [1.807, 2.05) is 25.1 Å². The van der Waals surface area contributed by atoms with E-state index < -0.39 is 17.8 Å². The lowest BCUT2D eigenvalue weighted by atomic mass is 9.78. The third-order valence-electron chi connectivity index (χ3n) is 3.87. The smallest absolute Gasteiger partial charge is 0.307 e. The molecule has 0 spiro atoms. The molecule has 1 amide bonds. The Labute approximate surface area is 126 Å². The van der Waals surface area contributed by atoms with Crippen LogP contribution in [0.3, 0.4) is 0 Å². The molecule has 4 nitrogen and oxygen atoms in total. The zero-order chi connectivity index (χ0) is 14.7. The van der Waals surface area contributed by atoms with Gasteiger partial charge in [-0.15, -0.1) is 0 Å². The molecule has 0 unspecified atom stereocenters. The molecule has 108 valence electrons. The zero-order valence-corrected chi connectivity index (χ0v) is 12.9. The minimum absolute atomic E-state index is 0.191. The summed E-state index contributed by atoms with van der Waals surface area (Å²) in [6, 6.07) is 5.62. The van der Waals surface area contributed by atoms with Gasteiger partial charge >= 0.3 is 5.97 Å². The van der Waals surface area contributed by atoms with Crippen LogP contribution in [-0.2, 0) is 9.59 Å². The van der Waals surface area contributed by atoms with Gasteiger partial charge in [0.1, 0.15) is 0 Å². The van der Waals surface area contributed by atoms with E-state index in [-0.39, 0.29) is 5.91 Å². The van der Waals surface area contributed by atoms with E-state index in [0.717, 1.165) is 22.9 Å². The van der Waals surface area contributed by atoms with Crippen molar-refractivity contribution in [1.29, 1.82) is 0 Å². The predicted octanol–water partition coefficient (Wildman–Crippen LogP) is 3.59. The Morgan fingerprint density at radius 3 is 2.55 bits per heavy atom. The van der Waals surface area contributed by atoms with Crippen LogP contribution in [0.25, 0.3) is 0 Å². The number of halogens is 1. The van der Waals surface area contributed by atoms with Crippen molar-refractivity contribution in [2.75, 3.05) is 5.32 Å². The maximum atomic E-state index is 12.4. The van der Waals surface area contributed by atoms with E-state index in [1.54, 1.807) is 0 Å². The lowest BCUT2D eigenvalue weighted by Crippen LogP contribution is -2.36. The molecule has 1 aliphatic carbocycles. The fourth-order valence-electron chi connectivity index (χ4n) is 2.71. The van der Waals surface area contributed by atoms with Crippen LogP contribution in [0, 0.1) is 18.8 Å². The Balaban J connectivity index is 2.14. The molecule has 1 aliphatic rings. The molecule has 0 saturated heterocycles. The minimum Gasteiger partial charge on any atom is -0.481 e. The fourth-order valence-corrected chi connectivity index (χ4v) is 3.07. The van der Waals surface area contributed by atoms with E-state index >= 15 is 0 Å². The highest BCUT2D eigenvalue weighted by Gasteiger charge is 2.35. The van der Waals surface area contributed by atoms with Crippen LogP contribution in [0.4, 0.5) is 5.69 Å². The van der Waals surface area contributed by atoms with Gasteiger partial charge in [-0.25, -0.2) is 0 Å². The SMILES string of the molecule is Cc1cccc(NC(=O)[C@@H]2CCCC[C@@H]2C(=O)O)c1Br. The predicted molar refractivity (Wildman–Crippen MR) is 80.6 cm³/mol. The van der Waals surface area contributed by atoms with Gasteiger partial charge in [-0.2, -0.15) is 0 Å². The van der Waals surface area contributed by atoms with Gasteiger partial charge in [0.15, 0.2) is 0 Å². The first kappa shape index (κ1) is 15.0. The summed E-state index contributed by atoms with van der Waals surface area (Å²) in [6.45, 7) is 1.94. The molecule has 1 aromatic rings. The molecule has 2 atom stereocenters. The average Bonchev–Trinajstić information content (AvgIpc) is 2.43. The van der Waals surface area contributed by atoms with Crippen LogP contribution in [0.5, 0.6) is 0 Å². The number of carboxylic acid groups (broad SMARTS) is 1. The Morgan fingerprint density at radius 2 is 1.90 bits per heavy atom. The Hall–Kier alpha value is -1.36. The number of rotatable bonds is 3. The van der Waals surface area contributed by atoms with E-state index in [4.69, 9.17) is 0 Å². The maximum Gasteiger partial charge on any atom is 0.307 e. The quantitative estimate of drug-likeness (QED) is 0.884. The van der Waals surface area contributed by atoms with Gasteiger partial charge in [0.05, 0.1) is 17.5 Å². The van der Waals surface area contributed by atoms with E-state index in [0.29, 0.717) is 18.5 Å². The van der Waals surface area contributed by atoms with Crippen LogP contribution in [0.2, 0.25) is 0 Å². The second-order valence-corrected chi connectivity index (χ2v) is 6.05. The molecule has 1 fully saturated rings. The van der Waals surface area contributed by atoms with E-state index in [2.05, 4.69) is 21.2 Å². The highest BCUT2D eigenvalue weighted by molar-refractivity contribution is 9.10. The normalized spacial score (nSPS) is 22.3. The minimum atomic E-state index is -0.867. The van der Waals surface area contributed by atoms with Gasteiger partial charge in [0.2, 0.25) is 5.91 Å². The van der Waals surface area contributed by atoms with Gasteiger partial charge in [0.25, 0.3) is 0 Å². The third kappa shape index (κ3) is 3.20. The summed E-state index contributed by atoms with van der Waals surface area (Å²) in [5.41, 5.74) is 1.73. The number of anilines is 1. The van der Waals surface area contributed by atoms with E-state index in [1.165, 1.54) is 0 Å². The number of aliphatic carboxylic acids is 1. The van der Waals surface area contributed by atoms with Gasteiger partial charge in [-0.05, 0) is 47.3 Å². The summed E-state index contributed by atoms with van der Waals surface area (Å²) in [5.74, 6) is -2.06. The van der Waals surface area contributed by atoms with Crippen molar-refractivity contribution in [3.05, 3.63) is 28.2 Å². The van der Waals surface area contributed by atoms with Crippen molar-refractivity contribution in [3.8, 4) is 0 Å². The summed E-state index contributed by atoms with van der Waals surface area (Å²) in [7, 11) is 0. The molecule has 0 aliphatic heterocycles. The van der Waals surface area contributed by atoms with Crippen molar-refractivity contribution in [2.24, 2.45) is 11.8 Å². The number of benzene rings is 1. The second-order valence-electron chi connectivity index (χ2n) is 5.26. The fraction of sp³-hybridized carbons (Fsp3) is 0.467. The highest BCUT2D eigenvalue weighted by atomic mass is 79.9. The van der Waals surface area contributed by atoms with Crippen LogP contribution < -0.4 is 5.32 Å². The lowest BCUT2D eigenvalue weighted by molar-refractivity contribution is -0.147. The maximum absolute atomic E-state index is 12.4. The molecule has 2 N–H and O–H groups in total. The molecule has 5 heteroatoms.